The van der Waals surface area contributed by atoms with Crippen LogP contribution < -0.4 is 5.32 Å². The maximum Gasteiger partial charge on any atom is 0.251 e. The third-order valence-corrected chi connectivity index (χ3v) is 5.45. The molecule has 1 aliphatic rings. The summed E-state index contributed by atoms with van der Waals surface area (Å²) in [6.45, 7) is 1.49. The summed E-state index contributed by atoms with van der Waals surface area (Å²) >= 11 is 0. The number of carbonyl (C=O) groups is 2. The van der Waals surface area contributed by atoms with Crippen LogP contribution in [-0.4, -0.2) is 50.8 Å². The van der Waals surface area contributed by atoms with Crippen LogP contribution in [0.25, 0.3) is 11.0 Å². The third kappa shape index (κ3) is 4.45. The number of benzene rings is 2. The number of piperidine rings is 1. The molecule has 1 atom stereocenters. The van der Waals surface area contributed by atoms with E-state index in [9.17, 15) is 9.59 Å². The van der Waals surface area contributed by atoms with E-state index in [-0.39, 0.29) is 24.4 Å². The smallest absolute Gasteiger partial charge is 0.251 e. The van der Waals surface area contributed by atoms with Crippen molar-refractivity contribution < 1.29 is 9.59 Å². The zero-order valence-electron chi connectivity index (χ0n) is 16.3. The average Bonchev–Trinajstić information content (AvgIpc) is 3.17. The van der Waals surface area contributed by atoms with E-state index in [1.165, 1.54) is 0 Å². The number of para-hydroxylation sites is 1. The molecule has 7 nitrogen and oxygen atoms in total. The lowest BCUT2D eigenvalue weighted by atomic mass is 9.99. The maximum absolute atomic E-state index is 13.0. The highest BCUT2D eigenvalue weighted by Crippen LogP contribution is 2.20. The van der Waals surface area contributed by atoms with Gasteiger partial charge < -0.3 is 10.2 Å². The maximum atomic E-state index is 13.0. The summed E-state index contributed by atoms with van der Waals surface area (Å²) in [6, 6.07) is 17.0. The second-order valence-electron chi connectivity index (χ2n) is 7.38. The van der Waals surface area contributed by atoms with E-state index in [0.717, 1.165) is 43.3 Å². The van der Waals surface area contributed by atoms with E-state index in [2.05, 4.69) is 15.6 Å². The number of nitrogens with one attached hydrogen (secondary N) is 1. The van der Waals surface area contributed by atoms with Crippen molar-refractivity contribution in [3.63, 3.8) is 0 Å². The molecule has 7 heteroatoms. The van der Waals surface area contributed by atoms with Crippen molar-refractivity contribution in [2.75, 3.05) is 13.1 Å². The van der Waals surface area contributed by atoms with Gasteiger partial charge in [0.25, 0.3) is 5.91 Å². The van der Waals surface area contributed by atoms with Crippen molar-refractivity contribution in [3.8, 4) is 0 Å². The zero-order valence-corrected chi connectivity index (χ0v) is 16.3. The minimum Gasteiger partial charge on any atom is -0.352 e. The van der Waals surface area contributed by atoms with Crippen LogP contribution in [-0.2, 0) is 11.3 Å². The van der Waals surface area contributed by atoms with Gasteiger partial charge in [-0.25, -0.2) is 4.68 Å². The molecule has 1 aliphatic heterocycles. The number of rotatable bonds is 6. The number of hydrogen-bond acceptors (Lipinski definition) is 4. The molecular weight excluding hydrogens is 366 g/mol. The Kier molecular flexibility index (Phi) is 5.84. The summed E-state index contributed by atoms with van der Waals surface area (Å²) in [7, 11) is 0. The van der Waals surface area contributed by atoms with Gasteiger partial charge in [-0.3, -0.25) is 9.59 Å². The van der Waals surface area contributed by atoms with Crippen molar-refractivity contribution in [3.05, 3.63) is 60.2 Å². The summed E-state index contributed by atoms with van der Waals surface area (Å²) in [5, 5.41) is 11.2. The first kappa shape index (κ1) is 19.1. The Morgan fingerprint density at radius 2 is 1.83 bits per heavy atom. The number of amides is 2. The molecule has 2 aromatic carbocycles. The SMILES string of the molecule is O=C(NCC[C@@H]1CCCCN1C(=O)Cn1nnc2ccccc21)c1ccccc1. The second-order valence-corrected chi connectivity index (χ2v) is 7.38. The minimum atomic E-state index is -0.0756. The van der Waals surface area contributed by atoms with Crippen molar-refractivity contribution >= 4 is 22.8 Å². The van der Waals surface area contributed by atoms with Gasteiger partial charge in [-0.05, 0) is 49.9 Å². The Hall–Kier alpha value is -3.22. The molecule has 1 saturated heterocycles. The molecular formula is C22H25N5O2. The van der Waals surface area contributed by atoms with Gasteiger partial charge in [-0.1, -0.05) is 35.5 Å². The highest BCUT2D eigenvalue weighted by atomic mass is 16.2. The summed E-state index contributed by atoms with van der Waals surface area (Å²) < 4.78 is 1.67. The summed E-state index contributed by atoms with van der Waals surface area (Å²) in [5.74, 6) is -0.0203. The molecule has 3 aromatic rings. The van der Waals surface area contributed by atoms with Gasteiger partial charge in [0.1, 0.15) is 12.1 Å². The fraction of sp³-hybridized carbons (Fsp3) is 0.364. The van der Waals surface area contributed by atoms with Gasteiger partial charge in [-0.15, -0.1) is 5.10 Å². The lowest BCUT2D eigenvalue weighted by Crippen LogP contribution is -2.46. The second kappa shape index (κ2) is 8.86. The Labute approximate surface area is 169 Å². The van der Waals surface area contributed by atoms with Crippen molar-refractivity contribution in [2.45, 2.75) is 38.3 Å². The van der Waals surface area contributed by atoms with Gasteiger partial charge in [-0.2, -0.15) is 0 Å². The Balaban J connectivity index is 1.35. The van der Waals surface area contributed by atoms with Crippen LogP contribution in [0.5, 0.6) is 0 Å². The molecule has 0 radical (unpaired) electrons. The van der Waals surface area contributed by atoms with Crippen molar-refractivity contribution in [1.29, 1.82) is 0 Å². The molecule has 1 fully saturated rings. The Morgan fingerprint density at radius 1 is 1.03 bits per heavy atom. The summed E-state index contributed by atoms with van der Waals surface area (Å²) in [6.07, 6.45) is 3.83. The van der Waals surface area contributed by atoms with Gasteiger partial charge in [0.05, 0.1) is 5.52 Å². The predicted molar refractivity (Wildman–Crippen MR) is 110 cm³/mol. The van der Waals surface area contributed by atoms with E-state index in [0.29, 0.717) is 12.1 Å². The lowest BCUT2D eigenvalue weighted by molar-refractivity contribution is -0.135. The predicted octanol–water partition coefficient (Wildman–Crippen LogP) is 2.63. The number of hydrogen-bond donors (Lipinski definition) is 1. The molecule has 1 N–H and O–H groups in total. The van der Waals surface area contributed by atoms with Gasteiger partial charge in [0.2, 0.25) is 5.91 Å². The first-order valence-corrected chi connectivity index (χ1v) is 10.1. The largest absolute Gasteiger partial charge is 0.352 e. The van der Waals surface area contributed by atoms with Crippen LogP contribution in [0.3, 0.4) is 0 Å². The summed E-state index contributed by atoms with van der Waals surface area (Å²) in [4.78, 5) is 27.2. The number of aromatic nitrogens is 3. The Bertz CT molecular complexity index is 985. The van der Waals surface area contributed by atoms with Crippen molar-refractivity contribution in [2.24, 2.45) is 0 Å². The van der Waals surface area contributed by atoms with Crippen LogP contribution >= 0.6 is 0 Å². The topological polar surface area (TPSA) is 80.1 Å². The van der Waals surface area contributed by atoms with Crippen LogP contribution in [0.2, 0.25) is 0 Å². The van der Waals surface area contributed by atoms with Crippen LogP contribution in [0, 0.1) is 0 Å². The quantitative estimate of drug-likeness (QED) is 0.701. The van der Waals surface area contributed by atoms with E-state index < -0.39 is 0 Å². The molecule has 29 heavy (non-hydrogen) atoms. The molecule has 150 valence electrons. The molecule has 0 bridgehead atoms. The Morgan fingerprint density at radius 3 is 2.69 bits per heavy atom. The van der Waals surface area contributed by atoms with E-state index in [1.807, 2.05) is 47.4 Å². The van der Waals surface area contributed by atoms with Crippen LogP contribution in [0.4, 0.5) is 0 Å². The third-order valence-electron chi connectivity index (χ3n) is 5.45. The molecule has 0 spiro atoms. The van der Waals surface area contributed by atoms with Gasteiger partial charge in [0.15, 0.2) is 0 Å². The first-order chi connectivity index (χ1) is 14.2. The standard InChI is InChI=1S/C22H25N5O2/c28-21(16-27-20-12-5-4-11-19(20)24-25-27)26-15-7-6-10-18(26)13-14-23-22(29)17-8-2-1-3-9-17/h1-5,8-9,11-12,18H,6-7,10,13-16H2,(H,23,29)/t18-/m0/s1. The number of carbonyl (C=O) groups excluding carboxylic acids is 2. The van der Waals surface area contributed by atoms with E-state index in [1.54, 1.807) is 16.8 Å². The highest BCUT2D eigenvalue weighted by Gasteiger charge is 2.27. The first-order valence-electron chi connectivity index (χ1n) is 10.1. The number of fused-ring (bicyclic) bond motifs is 1. The van der Waals surface area contributed by atoms with Gasteiger partial charge >= 0.3 is 0 Å². The van der Waals surface area contributed by atoms with E-state index in [4.69, 9.17) is 0 Å². The van der Waals surface area contributed by atoms with E-state index >= 15 is 0 Å². The van der Waals surface area contributed by atoms with Crippen LogP contribution in [0.15, 0.2) is 54.6 Å². The lowest BCUT2D eigenvalue weighted by Gasteiger charge is -2.36. The van der Waals surface area contributed by atoms with Crippen LogP contribution in [0.1, 0.15) is 36.0 Å². The van der Waals surface area contributed by atoms with Crippen molar-refractivity contribution in [1.82, 2.24) is 25.2 Å². The molecule has 4 rings (SSSR count). The number of nitrogens with zero attached hydrogens (tertiary/aromatic N) is 4. The molecule has 2 amide bonds. The minimum absolute atomic E-state index is 0.0553. The van der Waals surface area contributed by atoms with Gasteiger partial charge in [0, 0.05) is 24.7 Å². The summed E-state index contributed by atoms with van der Waals surface area (Å²) in [5.41, 5.74) is 2.31. The molecule has 1 aromatic heterocycles. The fourth-order valence-electron chi connectivity index (χ4n) is 3.93. The monoisotopic (exact) mass is 391 g/mol. The normalized spacial score (nSPS) is 16.7. The zero-order chi connectivity index (χ0) is 20.1. The number of likely N-dealkylation sites (tertiary alicyclic amines) is 1. The molecule has 0 aliphatic carbocycles. The molecule has 0 saturated carbocycles. The molecule has 0 unspecified atom stereocenters. The fourth-order valence-corrected chi connectivity index (χ4v) is 3.93. The average molecular weight is 391 g/mol. The highest BCUT2D eigenvalue weighted by molar-refractivity contribution is 5.94. The molecule has 2 heterocycles.